The van der Waals surface area contributed by atoms with Crippen molar-refractivity contribution in [3.63, 3.8) is 0 Å². The zero-order chi connectivity index (χ0) is 26.8. The number of ketones is 1. The lowest BCUT2D eigenvalue weighted by Crippen LogP contribution is -2.56. The Balaban J connectivity index is 1.39. The van der Waals surface area contributed by atoms with Crippen molar-refractivity contribution in [3.8, 4) is 0 Å². The van der Waals surface area contributed by atoms with Crippen LogP contribution in [0.1, 0.15) is 79.4 Å². The highest BCUT2D eigenvalue weighted by molar-refractivity contribution is 6.27. The lowest BCUT2D eigenvalue weighted by molar-refractivity contribution is -0.121. The number of benzene rings is 1. The minimum atomic E-state index is -0.954. The number of fused-ring (bicyclic) bond motifs is 4. The number of nitrogens with zero attached hydrogens (tertiary/aromatic N) is 2. The molecule has 9 heteroatoms. The summed E-state index contributed by atoms with van der Waals surface area (Å²) in [5, 5.41) is 13.1. The number of aliphatic hydroxyl groups is 1. The Morgan fingerprint density at radius 1 is 1.08 bits per heavy atom. The number of amides is 2. The van der Waals surface area contributed by atoms with E-state index in [1.165, 1.54) is 29.2 Å². The van der Waals surface area contributed by atoms with Gasteiger partial charge in [0.25, 0.3) is 5.91 Å². The third kappa shape index (κ3) is 4.13. The summed E-state index contributed by atoms with van der Waals surface area (Å²) in [6.07, 6.45) is 6.13. The van der Waals surface area contributed by atoms with E-state index in [1.54, 1.807) is 0 Å². The molecule has 198 valence electrons. The number of nitrogens with one attached hydrogen (secondary N) is 1. The first kappa shape index (κ1) is 24.9. The summed E-state index contributed by atoms with van der Waals surface area (Å²) in [6.45, 7) is 2.33. The summed E-state index contributed by atoms with van der Waals surface area (Å²) in [5.74, 6) is -3.66. The highest BCUT2D eigenvalue weighted by Gasteiger charge is 2.48. The number of hydrogen-bond acceptors (Lipinski definition) is 5. The van der Waals surface area contributed by atoms with Crippen molar-refractivity contribution in [3.05, 3.63) is 70.4 Å². The number of aromatic nitrogens is 1. The first-order chi connectivity index (χ1) is 18.1. The quantitative estimate of drug-likeness (QED) is 0.594. The zero-order valence-corrected chi connectivity index (χ0v) is 21.1. The Morgan fingerprint density at radius 2 is 1.79 bits per heavy atom. The second-order valence-electron chi connectivity index (χ2n) is 11.6. The lowest BCUT2D eigenvalue weighted by Gasteiger charge is -2.52. The fourth-order valence-electron chi connectivity index (χ4n) is 6.46. The second kappa shape index (κ2) is 8.80. The average molecular weight is 522 g/mol. The molecule has 1 aromatic carbocycles. The summed E-state index contributed by atoms with van der Waals surface area (Å²) >= 11 is 0. The molecule has 0 radical (unpaired) electrons. The van der Waals surface area contributed by atoms with E-state index < -0.39 is 35.3 Å². The lowest BCUT2D eigenvalue weighted by atomic mass is 9.58. The van der Waals surface area contributed by atoms with Crippen LogP contribution in [0.15, 0.2) is 42.0 Å². The Bertz CT molecular complexity index is 1380. The van der Waals surface area contributed by atoms with Crippen LogP contribution in [0.25, 0.3) is 0 Å². The molecule has 2 aromatic rings. The molecule has 2 heterocycles. The van der Waals surface area contributed by atoms with Crippen LogP contribution in [0.2, 0.25) is 0 Å². The number of β-amino-alcohol motifs (C(OH)–C–C–N with tert-alkyl or cyclic N) is 1. The number of carbonyl (C=O) groups excluding carboxylic acids is 3. The van der Waals surface area contributed by atoms with Crippen molar-refractivity contribution in [2.45, 2.75) is 69.4 Å². The van der Waals surface area contributed by atoms with Crippen LogP contribution in [-0.2, 0) is 9.59 Å². The summed E-state index contributed by atoms with van der Waals surface area (Å²) < 4.78 is 28.8. The van der Waals surface area contributed by atoms with Crippen molar-refractivity contribution < 1.29 is 28.3 Å². The number of hydrogen-bond donors (Lipinski definition) is 2. The van der Waals surface area contributed by atoms with Gasteiger partial charge in [0.1, 0.15) is 17.5 Å². The molecule has 1 saturated heterocycles. The van der Waals surface area contributed by atoms with Gasteiger partial charge in [0.15, 0.2) is 5.78 Å². The van der Waals surface area contributed by atoms with Gasteiger partial charge < -0.3 is 10.4 Å². The van der Waals surface area contributed by atoms with Gasteiger partial charge in [-0.05, 0) is 62.1 Å². The smallest absolute Gasteiger partial charge is 0.255 e. The van der Waals surface area contributed by atoms with Crippen molar-refractivity contribution in [2.24, 2.45) is 5.41 Å². The van der Waals surface area contributed by atoms with Crippen LogP contribution < -0.4 is 10.2 Å². The Kier molecular flexibility index (Phi) is 5.75. The monoisotopic (exact) mass is 521 g/mol. The van der Waals surface area contributed by atoms with Crippen LogP contribution in [0.3, 0.4) is 0 Å². The molecule has 0 spiro atoms. The van der Waals surface area contributed by atoms with Crippen molar-refractivity contribution >= 4 is 23.4 Å². The summed E-state index contributed by atoms with van der Waals surface area (Å²) in [7, 11) is 0. The van der Waals surface area contributed by atoms with Crippen molar-refractivity contribution in [2.75, 3.05) is 11.4 Å². The number of anilines is 1. The van der Waals surface area contributed by atoms with E-state index in [1.807, 2.05) is 0 Å². The number of pyridine rings is 1. The summed E-state index contributed by atoms with van der Waals surface area (Å²) in [4.78, 5) is 45.4. The number of aliphatic hydroxyl groups excluding tert-OH is 1. The Morgan fingerprint density at radius 3 is 2.42 bits per heavy atom. The molecule has 4 aliphatic carbocycles. The molecule has 1 aliphatic heterocycles. The SMILES string of the molecule is CC12CCC(NC(=O)C3=CC(c4ccc(F)cc4F)c4nc(N5C[C@@H](O)CC5=O)ccc4C3=O)(CC1)CC2. The number of carbonyl (C=O) groups is 3. The van der Waals surface area contributed by atoms with Gasteiger partial charge in [0, 0.05) is 28.7 Å². The standard InChI is InChI=1S/C29H29F2N3O4/c1-28-6-9-29(10-7-28,11-8-28)33-27(38)21-14-20(18-3-2-16(30)12-22(18)31)25-19(26(21)37)4-5-23(32-25)34-15-17(35)13-24(34)36/h2-5,12,14,17,20,35H,6-11,13,15H2,1H3,(H,33,38)/t17-,20?,28?,29?/m0/s1. The van der Waals surface area contributed by atoms with E-state index in [0.29, 0.717) is 5.41 Å². The van der Waals surface area contributed by atoms with Crippen molar-refractivity contribution in [1.29, 1.82) is 0 Å². The molecular weight excluding hydrogens is 492 g/mol. The average Bonchev–Trinajstić information content (AvgIpc) is 3.23. The first-order valence-electron chi connectivity index (χ1n) is 13.1. The Hall–Kier alpha value is -3.46. The normalized spacial score (nSPS) is 30.3. The molecule has 2 bridgehead atoms. The van der Waals surface area contributed by atoms with Gasteiger partial charge in [0.2, 0.25) is 5.91 Å². The third-order valence-electron chi connectivity index (χ3n) is 8.95. The van der Waals surface area contributed by atoms with Gasteiger partial charge in [-0.2, -0.15) is 0 Å². The zero-order valence-electron chi connectivity index (χ0n) is 21.1. The topological polar surface area (TPSA) is 99.6 Å². The maximum Gasteiger partial charge on any atom is 0.255 e. The Labute approximate surface area is 218 Å². The molecule has 1 unspecified atom stereocenters. The number of Topliss-reactive ketones (excluding diaryl/α,β-unsaturated/α-hetero) is 1. The van der Waals surface area contributed by atoms with E-state index in [-0.39, 0.29) is 52.6 Å². The van der Waals surface area contributed by atoms with Gasteiger partial charge in [0.05, 0.1) is 30.3 Å². The third-order valence-corrected chi connectivity index (χ3v) is 8.95. The van der Waals surface area contributed by atoms with Gasteiger partial charge in [-0.15, -0.1) is 0 Å². The minimum absolute atomic E-state index is 0.0428. The molecule has 1 aromatic heterocycles. The molecule has 2 amide bonds. The second-order valence-corrected chi connectivity index (χ2v) is 11.6. The van der Waals surface area contributed by atoms with E-state index in [0.717, 1.165) is 50.7 Å². The number of halogens is 2. The highest BCUT2D eigenvalue weighted by atomic mass is 19.1. The fraction of sp³-hybridized carbons (Fsp3) is 0.448. The van der Waals surface area contributed by atoms with Crippen LogP contribution in [-0.4, -0.2) is 45.9 Å². The minimum Gasteiger partial charge on any atom is -0.391 e. The van der Waals surface area contributed by atoms with Crippen LogP contribution >= 0.6 is 0 Å². The molecule has 5 aliphatic rings. The fourth-order valence-corrected chi connectivity index (χ4v) is 6.46. The van der Waals surface area contributed by atoms with Crippen LogP contribution in [0, 0.1) is 17.0 Å². The van der Waals surface area contributed by atoms with Gasteiger partial charge in [-0.3, -0.25) is 19.3 Å². The molecule has 38 heavy (non-hydrogen) atoms. The first-order valence-corrected chi connectivity index (χ1v) is 13.1. The largest absolute Gasteiger partial charge is 0.391 e. The van der Waals surface area contributed by atoms with E-state index in [2.05, 4.69) is 17.2 Å². The molecule has 7 rings (SSSR count). The maximum atomic E-state index is 15.0. The van der Waals surface area contributed by atoms with Gasteiger partial charge in [-0.1, -0.05) is 19.1 Å². The number of allylic oxidation sites excluding steroid dienone is 1. The molecule has 2 N–H and O–H groups in total. The molecule has 7 nitrogen and oxygen atoms in total. The van der Waals surface area contributed by atoms with E-state index >= 15 is 4.39 Å². The predicted molar refractivity (Wildman–Crippen MR) is 135 cm³/mol. The van der Waals surface area contributed by atoms with Gasteiger partial charge in [-0.25, -0.2) is 13.8 Å². The van der Waals surface area contributed by atoms with Crippen LogP contribution in [0.5, 0.6) is 0 Å². The maximum absolute atomic E-state index is 15.0. The van der Waals surface area contributed by atoms with Crippen molar-refractivity contribution in [1.82, 2.24) is 10.3 Å². The predicted octanol–water partition coefficient (Wildman–Crippen LogP) is 3.94. The van der Waals surface area contributed by atoms with E-state index in [4.69, 9.17) is 0 Å². The van der Waals surface area contributed by atoms with E-state index in [9.17, 15) is 23.9 Å². The molecule has 4 fully saturated rings. The molecular formula is C29H29F2N3O4. The number of rotatable bonds is 4. The summed E-state index contributed by atoms with van der Waals surface area (Å²) in [6, 6.07) is 6.13. The summed E-state index contributed by atoms with van der Waals surface area (Å²) in [5.41, 5.74) is 0.222. The molecule has 2 atom stereocenters. The highest BCUT2D eigenvalue weighted by Crippen LogP contribution is 2.52. The molecule has 3 saturated carbocycles. The van der Waals surface area contributed by atoms with Gasteiger partial charge >= 0.3 is 0 Å². The van der Waals surface area contributed by atoms with Crippen LogP contribution in [0.4, 0.5) is 14.6 Å².